The molecule has 86 valence electrons. The fourth-order valence-electron chi connectivity index (χ4n) is 1.64. The minimum atomic E-state index is -0.190. The Morgan fingerprint density at radius 3 is 2.82 bits per heavy atom. The monoisotopic (exact) mass is 247 g/mol. The number of hydrogen-bond donors (Lipinski definition) is 0. The summed E-state index contributed by atoms with van der Waals surface area (Å²) in [6.07, 6.45) is 1.80. The summed E-state index contributed by atoms with van der Waals surface area (Å²) >= 11 is 1.33. The number of carbonyl (C=O) groups excluding carboxylic acids is 1. The van der Waals surface area contributed by atoms with Gasteiger partial charge in [0.25, 0.3) is 5.91 Å². The van der Waals surface area contributed by atoms with Gasteiger partial charge in [-0.1, -0.05) is 17.8 Å². The molecular formula is C12H9NO3S. The summed E-state index contributed by atoms with van der Waals surface area (Å²) < 4.78 is 10.9. The summed E-state index contributed by atoms with van der Waals surface area (Å²) in [4.78, 5) is 15.6. The first-order chi connectivity index (χ1) is 8.33. The van der Waals surface area contributed by atoms with Gasteiger partial charge < -0.3 is 9.47 Å². The zero-order valence-electron chi connectivity index (χ0n) is 8.88. The van der Waals surface area contributed by atoms with E-state index in [4.69, 9.17) is 9.47 Å². The predicted octanol–water partition coefficient (Wildman–Crippen LogP) is 2.10. The Bertz CT molecular complexity index is 537. The summed E-state index contributed by atoms with van der Waals surface area (Å²) in [5.74, 6) is 1.28. The average molecular weight is 247 g/mol. The quantitative estimate of drug-likeness (QED) is 0.713. The average Bonchev–Trinajstić information content (AvgIpc) is 2.75. The second-order valence-corrected chi connectivity index (χ2v) is 4.46. The topological polar surface area (TPSA) is 47.9 Å². The van der Waals surface area contributed by atoms with Crippen molar-refractivity contribution in [3.05, 3.63) is 28.7 Å². The van der Waals surface area contributed by atoms with Crippen molar-refractivity contribution >= 4 is 29.3 Å². The lowest BCUT2D eigenvalue weighted by Gasteiger charge is -2.18. The third-order valence-electron chi connectivity index (χ3n) is 2.42. The van der Waals surface area contributed by atoms with Crippen LogP contribution in [0.5, 0.6) is 11.5 Å². The minimum absolute atomic E-state index is 0.190. The largest absolute Gasteiger partial charge is 0.486 e. The van der Waals surface area contributed by atoms with Crippen LogP contribution in [0, 0.1) is 0 Å². The second-order valence-electron chi connectivity index (χ2n) is 3.57. The first kappa shape index (κ1) is 10.4. The molecule has 0 unspecified atom stereocenters. The van der Waals surface area contributed by atoms with Crippen LogP contribution >= 0.6 is 11.8 Å². The highest BCUT2D eigenvalue weighted by Gasteiger charge is 2.15. The highest BCUT2D eigenvalue weighted by molar-refractivity contribution is 8.16. The van der Waals surface area contributed by atoms with Crippen molar-refractivity contribution in [3.63, 3.8) is 0 Å². The Morgan fingerprint density at radius 1 is 1.24 bits per heavy atom. The van der Waals surface area contributed by atoms with Gasteiger partial charge in [0.1, 0.15) is 13.2 Å². The molecule has 3 rings (SSSR count). The SMILES string of the molecule is O=C1N=CSC1=Cc1ccc2c(c1)OCCO2. The number of thioether (sulfide) groups is 1. The first-order valence-corrected chi connectivity index (χ1v) is 6.06. The number of ether oxygens (including phenoxy) is 2. The van der Waals surface area contributed by atoms with Gasteiger partial charge >= 0.3 is 0 Å². The predicted molar refractivity (Wildman–Crippen MR) is 66.5 cm³/mol. The van der Waals surface area contributed by atoms with E-state index < -0.39 is 0 Å². The van der Waals surface area contributed by atoms with E-state index in [0.29, 0.717) is 18.1 Å². The van der Waals surface area contributed by atoms with E-state index in [0.717, 1.165) is 17.1 Å². The number of rotatable bonds is 1. The van der Waals surface area contributed by atoms with Crippen LogP contribution in [0.4, 0.5) is 0 Å². The fourth-order valence-corrected chi connectivity index (χ4v) is 2.26. The normalized spacial score (nSPS) is 20.0. The Hall–Kier alpha value is -1.75. The van der Waals surface area contributed by atoms with E-state index in [1.54, 1.807) is 11.6 Å². The van der Waals surface area contributed by atoms with Gasteiger partial charge in [0.05, 0.1) is 10.5 Å². The molecule has 0 aliphatic carbocycles. The van der Waals surface area contributed by atoms with E-state index in [1.807, 2.05) is 18.2 Å². The molecule has 0 fully saturated rings. The molecule has 17 heavy (non-hydrogen) atoms. The van der Waals surface area contributed by atoms with E-state index in [1.165, 1.54) is 11.8 Å². The number of hydrogen-bond acceptors (Lipinski definition) is 4. The Morgan fingerprint density at radius 2 is 2.06 bits per heavy atom. The first-order valence-electron chi connectivity index (χ1n) is 5.18. The maximum absolute atomic E-state index is 11.3. The highest BCUT2D eigenvalue weighted by Crippen LogP contribution is 2.32. The Labute approximate surface area is 102 Å². The molecule has 2 aliphatic heterocycles. The summed E-state index contributed by atoms with van der Waals surface area (Å²) in [6, 6.07) is 5.62. The number of benzene rings is 1. The van der Waals surface area contributed by atoms with Gasteiger partial charge in [-0.25, -0.2) is 4.99 Å². The third kappa shape index (κ3) is 2.06. The molecular weight excluding hydrogens is 238 g/mol. The summed E-state index contributed by atoms with van der Waals surface area (Å²) in [6.45, 7) is 1.14. The molecule has 2 heterocycles. The molecule has 0 radical (unpaired) electrons. The molecule has 2 aliphatic rings. The molecule has 0 N–H and O–H groups in total. The van der Waals surface area contributed by atoms with E-state index in [-0.39, 0.29) is 5.91 Å². The number of amides is 1. The van der Waals surface area contributed by atoms with Crippen LogP contribution in [0.15, 0.2) is 28.1 Å². The maximum atomic E-state index is 11.3. The van der Waals surface area contributed by atoms with Crippen molar-refractivity contribution < 1.29 is 14.3 Å². The molecule has 0 bridgehead atoms. The van der Waals surface area contributed by atoms with Crippen LogP contribution in [0.2, 0.25) is 0 Å². The molecule has 1 amide bonds. The molecule has 0 spiro atoms. The standard InChI is InChI=1S/C12H9NO3S/c14-12-11(17-7-13-12)6-8-1-2-9-10(5-8)16-4-3-15-9/h1-2,5-7H,3-4H2. The molecule has 0 saturated heterocycles. The van der Waals surface area contributed by atoms with Crippen LogP contribution in [-0.4, -0.2) is 24.7 Å². The van der Waals surface area contributed by atoms with Crippen molar-refractivity contribution in [1.29, 1.82) is 0 Å². The van der Waals surface area contributed by atoms with Crippen LogP contribution < -0.4 is 9.47 Å². The third-order valence-corrected chi connectivity index (χ3v) is 3.18. The zero-order chi connectivity index (χ0) is 11.7. The zero-order valence-corrected chi connectivity index (χ0v) is 9.70. The number of fused-ring (bicyclic) bond motifs is 1. The number of nitrogens with zero attached hydrogens (tertiary/aromatic N) is 1. The molecule has 0 atom stereocenters. The van der Waals surface area contributed by atoms with Crippen molar-refractivity contribution in [2.45, 2.75) is 0 Å². The molecule has 0 saturated carbocycles. The molecule has 5 heteroatoms. The van der Waals surface area contributed by atoms with Gasteiger partial charge in [-0.05, 0) is 23.8 Å². The van der Waals surface area contributed by atoms with Gasteiger partial charge in [-0.3, -0.25) is 4.79 Å². The van der Waals surface area contributed by atoms with Crippen molar-refractivity contribution in [1.82, 2.24) is 0 Å². The van der Waals surface area contributed by atoms with Crippen LogP contribution in [-0.2, 0) is 4.79 Å². The smallest absolute Gasteiger partial charge is 0.284 e. The van der Waals surface area contributed by atoms with Gasteiger partial charge in [0.15, 0.2) is 11.5 Å². The van der Waals surface area contributed by atoms with E-state index in [2.05, 4.69) is 4.99 Å². The van der Waals surface area contributed by atoms with Crippen molar-refractivity contribution in [2.24, 2.45) is 4.99 Å². The summed E-state index contributed by atoms with van der Waals surface area (Å²) in [5, 5.41) is 0. The molecule has 1 aromatic carbocycles. The van der Waals surface area contributed by atoms with E-state index in [9.17, 15) is 4.79 Å². The van der Waals surface area contributed by atoms with Crippen molar-refractivity contribution in [3.8, 4) is 11.5 Å². The molecule has 4 nitrogen and oxygen atoms in total. The second kappa shape index (κ2) is 4.25. The Balaban J connectivity index is 1.91. The van der Waals surface area contributed by atoms with Crippen LogP contribution in [0.1, 0.15) is 5.56 Å². The lowest BCUT2D eigenvalue weighted by atomic mass is 10.2. The Kier molecular flexibility index (Phi) is 2.60. The lowest BCUT2D eigenvalue weighted by molar-refractivity contribution is -0.113. The van der Waals surface area contributed by atoms with Crippen LogP contribution in [0.25, 0.3) is 6.08 Å². The number of aliphatic imine (C=N–C) groups is 1. The van der Waals surface area contributed by atoms with Gasteiger partial charge in [0.2, 0.25) is 0 Å². The van der Waals surface area contributed by atoms with Gasteiger partial charge in [-0.2, -0.15) is 0 Å². The molecule has 0 aromatic heterocycles. The number of carbonyl (C=O) groups is 1. The minimum Gasteiger partial charge on any atom is -0.486 e. The van der Waals surface area contributed by atoms with Crippen LogP contribution in [0.3, 0.4) is 0 Å². The van der Waals surface area contributed by atoms with E-state index >= 15 is 0 Å². The lowest BCUT2D eigenvalue weighted by Crippen LogP contribution is -2.15. The van der Waals surface area contributed by atoms with Gasteiger partial charge in [-0.15, -0.1) is 0 Å². The van der Waals surface area contributed by atoms with Gasteiger partial charge in [0, 0.05) is 0 Å². The fraction of sp³-hybridized carbons (Fsp3) is 0.167. The summed E-state index contributed by atoms with van der Waals surface area (Å²) in [7, 11) is 0. The maximum Gasteiger partial charge on any atom is 0.284 e. The van der Waals surface area contributed by atoms with Crippen molar-refractivity contribution in [2.75, 3.05) is 13.2 Å². The molecule has 1 aromatic rings. The summed E-state index contributed by atoms with van der Waals surface area (Å²) in [5.41, 5.74) is 2.46. The highest BCUT2D eigenvalue weighted by atomic mass is 32.2.